The smallest absolute Gasteiger partial charge is 0.106 e. The van der Waals surface area contributed by atoms with Gasteiger partial charge in [0.05, 0.1) is 21.6 Å². The molecule has 3 unspecified atom stereocenters. The van der Waals surface area contributed by atoms with Gasteiger partial charge in [0, 0.05) is 6.04 Å². The molecule has 3 rings (SSSR count). The summed E-state index contributed by atoms with van der Waals surface area (Å²) in [5.74, 6) is 1.50. The van der Waals surface area contributed by atoms with E-state index in [-0.39, 0.29) is 0 Å². The van der Waals surface area contributed by atoms with Crippen LogP contribution in [0.1, 0.15) is 26.7 Å². The maximum atomic E-state index is 6.20. The summed E-state index contributed by atoms with van der Waals surface area (Å²) < 4.78 is 1.16. The molecule has 0 amide bonds. The van der Waals surface area contributed by atoms with Gasteiger partial charge in [-0.3, -0.25) is 0 Å². The first-order valence-corrected chi connectivity index (χ1v) is 7.43. The molecule has 0 spiro atoms. The molecule has 1 aliphatic rings. The number of anilines is 2. The van der Waals surface area contributed by atoms with Gasteiger partial charge < -0.3 is 11.1 Å². The highest BCUT2D eigenvalue weighted by Gasteiger charge is 2.29. The third-order valence-corrected chi connectivity index (χ3v) is 5.14. The summed E-state index contributed by atoms with van der Waals surface area (Å²) in [4.78, 5) is 4.34. The van der Waals surface area contributed by atoms with Crippen LogP contribution < -0.4 is 11.1 Å². The van der Waals surface area contributed by atoms with E-state index in [0.29, 0.717) is 12.0 Å². The summed E-state index contributed by atoms with van der Waals surface area (Å²) in [6.07, 6.45) is 2.54. The van der Waals surface area contributed by atoms with Crippen molar-refractivity contribution in [2.75, 3.05) is 11.1 Å². The molecule has 3 atom stereocenters. The Morgan fingerprint density at radius 1 is 1.33 bits per heavy atom. The summed E-state index contributed by atoms with van der Waals surface area (Å²) in [5, 5.41) is 3.61. The van der Waals surface area contributed by atoms with Gasteiger partial charge in [-0.05, 0) is 36.8 Å². The first-order valence-electron chi connectivity index (χ1n) is 6.55. The van der Waals surface area contributed by atoms with Crippen LogP contribution in [0.15, 0.2) is 17.6 Å². The lowest BCUT2D eigenvalue weighted by atomic mass is 9.97. The number of nitrogen functional groups attached to an aromatic ring is 1. The number of thiazole rings is 1. The Bertz CT molecular complexity index is 563. The molecule has 3 nitrogen and oxygen atoms in total. The molecule has 1 aromatic heterocycles. The molecule has 96 valence electrons. The lowest BCUT2D eigenvalue weighted by molar-refractivity contribution is 0.435. The molecular formula is C14H19N3S. The Morgan fingerprint density at radius 3 is 2.89 bits per heavy atom. The second-order valence-electron chi connectivity index (χ2n) is 5.39. The van der Waals surface area contributed by atoms with Gasteiger partial charge in [0.25, 0.3) is 0 Å². The lowest BCUT2D eigenvalue weighted by Crippen LogP contribution is -2.24. The zero-order valence-electron chi connectivity index (χ0n) is 10.8. The summed E-state index contributed by atoms with van der Waals surface area (Å²) in [6, 6.07) is 4.73. The van der Waals surface area contributed by atoms with Gasteiger partial charge in [0.2, 0.25) is 0 Å². The molecule has 1 saturated carbocycles. The van der Waals surface area contributed by atoms with Crippen LogP contribution >= 0.6 is 11.3 Å². The molecule has 4 heteroatoms. The van der Waals surface area contributed by atoms with Gasteiger partial charge in [0.15, 0.2) is 0 Å². The largest absolute Gasteiger partial charge is 0.395 e. The van der Waals surface area contributed by atoms with Crippen molar-refractivity contribution in [3.05, 3.63) is 17.6 Å². The van der Waals surface area contributed by atoms with E-state index in [1.165, 1.54) is 12.8 Å². The molecule has 2 aromatic rings. The zero-order valence-corrected chi connectivity index (χ0v) is 11.6. The molecule has 1 aromatic carbocycles. The summed E-state index contributed by atoms with van der Waals surface area (Å²) >= 11 is 1.63. The average molecular weight is 261 g/mol. The molecule has 18 heavy (non-hydrogen) atoms. The minimum Gasteiger partial charge on any atom is -0.395 e. The fraction of sp³-hybridized carbons (Fsp3) is 0.500. The number of hydrogen-bond donors (Lipinski definition) is 2. The van der Waals surface area contributed by atoms with E-state index in [9.17, 15) is 0 Å². The summed E-state index contributed by atoms with van der Waals surface area (Å²) in [5.41, 5.74) is 10.8. The minimum absolute atomic E-state index is 0.540. The van der Waals surface area contributed by atoms with Gasteiger partial charge in [-0.1, -0.05) is 13.8 Å². The van der Waals surface area contributed by atoms with Crippen LogP contribution in [0, 0.1) is 11.8 Å². The van der Waals surface area contributed by atoms with Crippen LogP contribution in [0.3, 0.4) is 0 Å². The fourth-order valence-electron chi connectivity index (χ4n) is 2.85. The van der Waals surface area contributed by atoms with Gasteiger partial charge in [0.1, 0.15) is 5.52 Å². The van der Waals surface area contributed by atoms with E-state index in [1.54, 1.807) is 11.3 Å². The van der Waals surface area contributed by atoms with Crippen molar-refractivity contribution in [2.45, 2.75) is 32.7 Å². The van der Waals surface area contributed by atoms with Crippen molar-refractivity contribution in [2.24, 2.45) is 11.8 Å². The maximum Gasteiger partial charge on any atom is 0.106 e. The predicted molar refractivity (Wildman–Crippen MR) is 79.0 cm³/mol. The number of hydrogen-bond acceptors (Lipinski definition) is 4. The van der Waals surface area contributed by atoms with Crippen molar-refractivity contribution < 1.29 is 0 Å². The molecule has 0 bridgehead atoms. The van der Waals surface area contributed by atoms with Gasteiger partial charge in [-0.2, -0.15) is 0 Å². The Morgan fingerprint density at radius 2 is 2.17 bits per heavy atom. The molecular weight excluding hydrogens is 242 g/mol. The van der Waals surface area contributed by atoms with E-state index < -0.39 is 0 Å². The number of rotatable bonds is 2. The zero-order chi connectivity index (χ0) is 12.7. The standard InChI is InChI=1S/C14H19N3S/c1-8-3-4-10(9(8)2)17-11-5-6-12-14(13(11)15)16-7-18-12/h5-10,17H,3-4,15H2,1-2H3. The lowest BCUT2D eigenvalue weighted by Gasteiger charge is -2.21. The van der Waals surface area contributed by atoms with Crippen LogP contribution in [-0.4, -0.2) is 11.0 Å². The highest BCUT2D eigenvalue weighted by atomic mass is 32.1. The highest BCUT2D eigenvalue weighted by molar-refractivity contribution is 7.16. The van der Waals surface area contributed by atoms with E-state index in [1.807, 2.05) is 5.51 Å². The van der Waals surface area contributed by atoms with Crippen LogP contribution in [0.5, 0.6) is 0 Å². The summed E-state index contributed by atoms with van der Waals surface area (Å²) in [6.45, 7) is 4.66. The molecule has 3 N–H and O–H groups in total. The van der Waals surface area contributed by atoms with E-state index in [2.05, 4.69) is 36.3 Å². The van der Waals surface area contributed by atoms with Crippen molar-refractivity contribution in [1.82, 2.24) is 4.98 Å². The van der Waals surface area contributed by atoms with E-state index >= 15 is 0 Å². The van der Waals surface area contributed by atoms with Crippen LogP contribution in [0.2, 0.25) is 0 Å². The van der Waals surface area contributed by atoms with Gasteiger partial charge in [-0.15, -0.1) is 11.3 Å². The quantitative estimate of drug-likeness (QED) is 0.810. The van der Waals surface area contributed by atoms with E-state index in [4.69, 9.17) is 5.73 Å². The van der Waals surface area contributed by atoms with Crippen LogP contribution in [0.4, 0.5) is 11.4 Å². The maximum absolute atomic E-state index is 6.20. The number of nitrogens with zero attached hydrogens (tertiary/aromatic N) is 1. The van der Waals surface area contributed by atoms with E-state index in [0.717, 1.165) is 27.5 Å². The number of benzene rings is 1. The number of aromatic nitrogens is 1. The molecule has 0 radical (unpaired) electrons. The normalized spacial score (nSPS) is 27.8. The first-order chi connectivity index (χ1) is 8.66. The molecule has 1 fully saturated rings. The number of nitrogens with one attached hydrogen (secondary N) is 1. The molecule has 1 aliphatic carbocycles. The third-order valence-electron chi connectivity index (χ3n) is 4.35. The Hall–Kier alpha value is -1.29. The van der Waals surface area contributed by atoms with Crippen molar-refractivity contribution >= 4 is 32.9 Å². The van der Waals surface area contributed by atoms with Crippen molar-refractivity contribution in [1.29, 1.82) is 0 Å². The fourth-order valence-corrected chi connectivity index (χ4v) is 3.54. The van der Waals surface area contributed by atoms with Crippen molar-refractivity contribution in [3.8, 4) is 0 Å². The number of fused-ring (bicyclic) bond motifs is 1. The average Bonchev–Trinajstić information content (AvgIpc) is 2.95. The van der Waals surface area contributed by atoms with Gasteiger partial charge in [-0.25, -0.2) is 4.98 Å². The topological polar surface area (TPSA) is 50.9 Å². The predicted octanol–water partition coefficient (Wildman–Crippen LogP) is 3.73. The third kappa shape index (κ3) is 1.85. The molecule has 0 aliphatic heterocycles. The monoisotopic (exact) mass is 261 g/mol. The van der Waals surface area contributed by atoms with Crippen molar-refractivity contribution in [3.63, 3.8) is 0 Å². The van der Waals surface area contributed by atoms with Crippen LogP contribution in [-0.2, 0) is 0 Å². The Kier molecular flexibility index (Phi) is 2.90. The minimum atomic E-state index is 0.540. The summed E-state index contributed by atoms with van der Waals surface area (Å²) in [7, 11) is 0. The molecule has 0 saturated heterocycles. The Balaban J connectivity index is 1.88. The second-order valence-corrected chi connectivity index (χ2v) is 6.28. The van der Waals surface area contributed by atoms with Crippen LogP contribution in [0.25, 0.3) is 10.2 Å². The second kappa shape index (κ2) is 4.43. The SMILES string of the molecule is CC1CCC(Nc2ccc3scnc3c2N)C1C. The number of nitrogens with two attached hydrogens (primary N) is 1. The Labute approximate surface area is 111 Å². The molecule has 1 heterocycles. The van der Waals surface area contributed by atoms with Gasteiger partial charge >= 0.3 is 0 Å². The first kappa shape index (κ1) is 11.8. The highest BCUT2D eigenvalue weighted by Crippen LogP contribution is 2.36.